The molecule has 4 nitrogen and oxygen atoms in total. The SMILES string of the molecule is C#CCNC(=NC)NC(C)c1ccc(OCC(C)C)cc1.I. The number of hydrogen-bond donors (Lipinski definition) is 2. The van der Waals surface area contributed by atoms with Crippen molar-refractivity contribution in [1.29, 1.82) is 0 Å². The predicted molar refractivity (Wildman–Crippen MR) is 104 cm³/mol. The van der Waals surface area contributed by atoms with E-state index in [9.17, 15) is 0 Å². The predicted octanol–water partition coefficient (Wildman–Crippen LogP) is 3.20. The number of nitrogens with zero attached hydrogens (tertiary/aromatic N) is 1. The summed E-state index contributed by atoms with van der Waals surface area (Å²) in [7, 11) is 1.72. The molecule has 5 heteroatoms. The first-order chi connectivity index (χ1) is 10.1. The molecule has 0 aliphatic rings. The summed E-state index contributed by atoms with van der Waals surface area (Å²) >= 11 is 0. The van der Waals surface area contributed by atoms with Crippen molar-refractivity contribution >= 4 is 29.9 Å². The van der Waals surface area contributed by atoms with E-state index in [1.54, 1.807) is 7.05 Å². The van der Waals surface area contributed by atoms with E-state index in [4.69, 9.17) is 11.2 Å². The van der Waals surface area contributed by atoms with Gasteiger partial charge in [0.2, 0.25) is 0 Å². The van der Waals surface area contributed by atoms with Crippen LogP contribution in [0.3, 0.4) is 0 Å². The zero-order chi connectivity index (χ0) is 15.7. The zero-order valence-electron chi connectivity index (χ0n) is 13.7. The molecule has 1 aromatic rings. The largest absolute Gasteiger partial charge is 0.493 e. The minimum Gasteiger partial charge on any atom is -0.493 e. The van der Waals surface area contributed by atoms with Gasteiger partial charge in [-0.05, 0) is 30.5 Å². The topological polar surface area (TPSA) is 45.7 Å². The Kier molecular flexibility index (Phi) is 10.5. The molecule has 0 amide bonds. The van der Waals surface area contributed by atoms with Gasteiger partial charge in [-0.2, -0.15) is 0 Å². The third-order valence-corrected chi connectivity index (χ3v) is 2.90. The average molecular weight is 415 g/mol. The number of guanidine groups is 1. The highest BCUT2D eigenvalue weighted by Gasteiger charge is 2.07. The Balaban J connectivity index is 0.00000441. The lowest BCUT2D eigenvalue weighted by Crippen LogP contribution is -2.38. The summed E-state index contributed by atoms with van der Waals surface area (Å²) in [5.41, 5.74) is 1.16. The summed E-state index contributed by atoms with van der Waals surface area (Å²) in [6.45, 7) is 7.53. The van der Waals surface area contributed by atoms with Gasteiger partial charge in [-0.1, -0.05) is 31.9 Å². The lowest BCUT2D eigenvalue weighted by molar-refractivity contribution is 0.271. The van der Waals surface area contributed by atoms with Crippen LogP contribution in [0, 0.1) is 18.3 Å². The molecule has 1 unspecified atom stereocenters. The number of halogens is 1. The zero-order valence-corrected chi connectivity index (χ0v) is 16.0. The van der Waals surface area contributed by atoms with Gasteiger partial charge in [-0.25, -0.2) is 0 Å². The third-order valence-electron chi connectivity index (χ3n) is 2.90. The van der Waals surface area contributed by atoms with Crippen LogP contribution >= 0.6 is 24.0 Å². The highest BCUT2D eigenvalue weighted by atomic mass is 127. The van der Waals surface area contributed by atoms with E-state index in [0.29, 0.717) is 18.4 Å². The average Bonchev–Trinajstić information content (AvgIpc) is 2.49. The Morgan fingerprint density at radius 3 is 2.41 bits per heavy atom. The van der Waals surface area contributed by atoms with Gasteiger partial charge < -0.3 is 15.4 Å². The van der Waals surface area contributed by atoms with Crippen molar-refractivity contribution < 1.29 is 4.74 Å². The van der Waals surface area contributed by atoms with Crippen molar-refractivity contribution in [2.45, 2.75) is 26.8 Å². The van der Waals surface area contributed by atoms with E-state index >= 15 is 0 Å². The fraction of sp³-hybridized carbons (Fsp3) is 0.471. The van der Waals surface area contributed by atoms with Crippen LogP contribution in [-0.2, 0) is 0 Å². The van der Waals surface area contributed by atoms with Crippen molar-refractivity contribution in [1.82, 2.24) is 10.6 Å². The van der Waals surface area contributed by atoms with Crippen molar-refractivity contribution in [2.75, 3.05) is 20.2 Å². The highest BCUT2D eigenvalue weighted by molar-refractivity contribution is 14.0. The van der Waals surface area contributed by atoms with Gasteiger partial charge in [-0.3, -0.25) is 4.99 Å². The van der Waals surface area contributed by atoms with Crippen LogP contribution in [0.5, 0.6) is 5.75 Å². The number of ether oxygens (including phenoxy) is 1. The Hall–Kier alpha value is -1.42. The lowest BCUT2D eigenvalue weighted by Gasteiger charge is -2.18. The van der Waals surface area contributed by atoms with Gasteiger partial charge in [0.1, 0.15) is 5.75 Å². The van der Waals surface area contributed by atoms with Crippen LogP contribution in [0.15, 0.2) is 29.3 Å². The molecule has 0 saturated heterocycles. The van der Waals surface area contributed by atoms with Crippen molar-refractivity contribution in [3.63, 3.8) is 0 Å². The molecule has 0 fully saturated rings. The van der Waals surface area contributed by atoms with E-state index in [1.807, 2.05) is 12.1 Å². The van der Waals surface area contributed by atoms with Crippen LogP contribution < -0.4 is 15.4 Å². The molecule has 1 atom stereocenters. The summed E-state index contributed by atoms with van der Waals surface area (Å²) in [4.78, 5) is 4.13. The van der Waals surface area contributed by atoms with E-state index in [0.717, 1.165) is 17.9 Å². The van der Waals surface area contributed by atoms with Crippen LogP contribution in [0.1, 0.15) is 32.4 Å². The molecule has 1 aromatic carbocycles. The molecule has 0 saturated carbocycles. The summed E-state index contributed by atoms with van der Waals surface area (Å²) in [6, 6.07) is 8.23. The Morgan fingerprint density at radius 2 is 1.91 bits per heavy atom. The van der Waals surface area contributed by atoms with Gasteiger partial charge in [-0.15, -0.1) is 30.4 Å². The molecular weight excluding hydrogens is 389 g/mol. The van der Waals surface area contributed by atoms with Crippen LogP contribution in [-0.4, -0.2) is 26.2 Å². The van der Waals surface area contributed by atoms with Crippen molar-refractivity contribution in [3.8, 4) is 18.1 Å². The fourth-order valence-corrected chi connectivity index (χ4v) is 1.73. The Morgan fingerprint density at radius 1 is 1.27 bits per heavy atom. The molecular formula is C17H26IN3O. The number of hydrogen-bond acceptors (Lipinski definition) is 2. The van der Waals surface area contributed by atoms with Crippen molar-refractivity contribution in [2.24, 2.45) is 10.9 Å². The van der Waals surface area contributed by atoms with Crippen LogP contribution in [0.25, 0.3) is 0 Å². The summed E-state index contributed by atoms with van der Waals surface area (Å²) in [5.74, 6) is 4.64. The lowest BCUT2D eigenvalue weighted by atomic mass is 10.1. The normalized spacial score (nSPS) is 12.1. The van der Waals surface area contributed by atoms with Gasteiger partial charge in [0.15, 0.2) is 5.96 Å². The van der Waals surface area contributed by atoms with Gasteiger partial charge in [0, 0.05) is 7.05 Å². The maximum absolute atomic E-state index is 5.68. The number of benzene rings is 1. The second-order valence-electron chi connectivity index (χ2n) is 5.27. The number of aliphatic imine (C=N–C) groups is 1. The number of nitrogens with one attached hydrogen (secondary N) is 2. The molecule has 0 spiro atoms. The fourth-order valence-electron chi connectivity index (χ4n) is 1.73. The molecule has 0 heterocycles. The maximum atomic E-state index is 5.68. The summed E-state index contributed by atoms with van der Waals surface area (Å²) < 4.78 is 5.68. The van der Waals surface area contributed by atoms with Crippen LogP contribution in [0.4, 0.5) is 0 Å². The second kappa shape index (κ2) is 11.2. The standard InChI is InChI=1S/C17H25N3O.HI/c1-6-11-19-17(18-5)20-14(4)15-7-9-16(10-8-15)21-12-13(2)3;/h1,7-10,13-14H,11-12H2,2-5H3,(H2,18,19,20);1H. The first-order valence-corrected chi connectivity index (χ1v) is 7.20. The van der Waals surface area contributed by atoms with Gasteiger partial charge in [0.25, 0.3) is 0 Å². The van der Waals surface area contributed by atoms with Crippen molar-refractivity contribution in [3.05, 3.63) is 29.8 Å². The molecule has 2 N–H and O–H groups in total. The Labute approximate surface area is 151 Å². The molecule has 122 valence electrons. The van der Waals surface area contributed by atoms with E-state index in [2.05, 4.69) is 54.5 Å². The molecule has 0 aliphatic heterocycles. The minimum atomic E-state index is 0. The minimum absolute atomic E-state index is 0. The number of rotatable bonds is 6. The highest BCUT2D eigenvalue weighted by Crippen LogP contribution is 2.18. The molecule has 0 aromatic heterocycles. The first kappa shape index (κ1) is 20.6. The maximum Gasteiger partial charge on any atom is 0.192 e. The summed E-state index contributed by atoms with van der Waals surface area (Å²) in [6.07, 6.45) is 5.23. The molecule has 0 radical (unpaired) electrons. The van der Waals surface area contributed by atoms with E-state index in [-0.39, 0.29) is 30.0 Å². The smallest absolute Gasteiger partial charge is 0.192 e. The quantitative estimate of drug-likeness (QED) is 0.325. The van der Waals surface area contributed by atoms with Crippen LogP contribution in [0.2, 0.25) is 0 Å². The first-order valence-electron chi connectivity index (χ1n) is 7.20. The second-order valence-corrected chi connectivity index (χ2v) is 5.27. The molecule has 0 bridgehead atoms. The van der Waals surface area contributed by atoms with E-state index in [1.165, 1.54) is 0 Å². The van der Waals surface area contributed by atoms with Gasteiger partial charge >= 0.3 is 0 Å². The monoisotopic (exact) mass is 415 g/mol. The molecule has 22 heavy (non-hydrogen) atoms. The third kappa shape index (κ3) is 7.55. The Bertz CT molecular complexity index is 492. The molecule has 1 rings (SSSR count). The van der Waals surface area contributed by atoms with E-state index < -0.39 is 0 Å². The molecule has 0 aliphatic carbocycles. The van der Waals surface area contributed by atoms with Gasteiger partial charge in [0.05, 0.1) is 19.2 Å². The summed E-state index contributed by atoms with van der Waals surface area (Å²) in [5, 5.41) is 6.33. The number of terminal acetylenes is 1.